The number of nitrogens with zero attached hydrogens (tertiary/aromatic N) is 5. The van der Waals surface area contributed by atoms with Gasteiger partial charge in [0.25, 0.3) is 0 Å². The molecule has 3 heterocycles. The molecule has 0 radical (unpaired) electrons. The molecule has 0 bridgehead atoms. The number of benzene rings is 3. The normalized spacial score (nSPS) is 11.8. The Morgan fingerprint density at radius 3 is 2.56 bits per heavy atom. The predicted molar refractivity (Wildman–Crippen MR) is 154 cm³/mol. The van der Waals surface area contributed by atoms with E-state index in [2.05, 4.69) is 37.2 Å². The maximum absolute atomic E-state index is 13.0. The summed E-state index contributed by atoms with van der Waals surface area (Å²) in [6.45, 7) is 0.612. The number of alkyl halides is 3. The van der Waals surface area contributed by atoms with E-state index >= 15 is 0 Å². The van der Waals surface area contributed by atoms with Crippen molar-refractivity contribution in [1.82, 2.24) is 24.7 Å². The second kappa shape index (κ2) is 11.3. The van der Waals surface area contributed by atoms with Gasteiger partial charge in [-0.3, -0.25) is 4.79 Å². The summed E-state index contributed by atoms with van der Waals surface area (Å²) in [5.74, 6) is -0.266. The molecule has 1 amide bonds. The Labute approximate surface area is 240 Å². The summed E-state index contributed by atoms with van der Waals surface area (Å²) < 4.78 is 41.1. The van der Waals surface area contributed by atoms with E-state index in [1.54, 1.807) is 12.3 Å². The number of amides is 1. The molecule has 6 aromatic rings. The van der Waals surface area contributed by atoms with Crippen molar-refractivity contribution in [2.75, 3.05) is 11.1 Å². The minimum absolute atomic E-state index is 0.0364. The minimum Gasteiger partial charge on any atom is -0.319 e. The van der Waals surface area contributed by atoms with Crippen molar-refractivity contribution in [2.24, 2.45) is 0 Å². The van der Waals surface area contributed by atoms with Crippen molar-refractivity contribution >= 4 is 56.2 Å². The number of nitrogens with one attached hydrogen (secondary N) is 1. The van der Waals surface area contributed by atoms with E-state index in [1.807, 2.05) is 42.5 Å². The number of fused-ring (bicyclic) bond motifs is 3. The maximum atomic E-state index is 13.0. The van der Waals surface area contributed by atoms with E-state index < -0.39 is 11.7 Å². The number of hydrogen-bond acceptors (Lipinski definition) is 7. The number of hydrogen-bond donors (Lipinski definition) is 1. The van der Waals surface area contributed by atoms with Crippen LogP contribution in [-0.4, -0.2) is 36.4 Å². The largest absolute Gasteiger partial charge is 0.416 e. The van der Waals surface area contributed by atoms with Crippen molar-refractivity contribution < 1.29 is 18.0 Å². The first kappa shape index (κ1) is 26.9. The van der Waals surface area contributed by atoms with Crippen LogP contribution < -0.4 is 5.32 Å². The summed E-state index contributed by atoms with van der Waals surface area (Å²) in [5, 5.41) is 13.1. The minimum atomic E-state index is -4.40. The molecule has 6 rings (SSSR count). The van der Waals surface area contributed by atoms with Crippen LogP contribution in [0.4, 0.5) is 18.3 Å². The van der Waals surface area contributed by atoms with Gasteiger partial charge < -0.3 is 9.88 Å². The molecule has 0 aliphatic heterocycles. The zero-order valence-electron chi connectivity index (χ0n) is 21.3. The Morgan fingerprint density at radius 1 is 0.951 bits per heavy atom. The number of aromatic nitrogens is 5. The van der Waals surface area contributed by atoms with Gasteiger partial charge in [0.1, 0.15) is 5.52 Å². The molecule has 12 heteroatoms. The lowest BCUT2D eigenvalue weighted by molar-refractivity contribution is -0.137. The molecule has 0 aliphatic rings. The molecule has 0 saturated carbocycles. The number of thioether (sulfide) groups is 1. The molecule has 0 aliphatic carbocycles. The molecule has 1 N–H and O–H groups in total. The predicted octanol–water partition coefficient (Wildman–Crippen LogP) is 6.82. The van der Waals surface area contributed by atoms with Crippen LogP contribution in [0, 0.1) is 0 Å². The fraction of sp³-hybridized carbons (Fsp3) is 0.138. The SMILES string of the molecule is O=C(CSc1nnc2c3ccccc3n(Cc3ccccc3)c2n1)Nc1ncc(Cc2cccc(C(F)(F)F)c2)s1. The summed E-state index contributed by atoms with van der Waals surface area (Å²) in [5.41, 5.74) is 3.33. The van der Waals surface area contributed by atoms with Crippen molar-refractivity contribution in [2.45, 2.75) is 24.3 Å². The Bertz CT molecular complexity index is 1850. The number of rotatable bonds is 8. The van der Waals surface area contributed by atoms with Gasteiger partial charge >= 0.3 is 6.18 Å². The molecule has 3 aromatic heterocycles. The second-order valence-corrected chi connectivity index (χ2v) is 11.3. The number of para-hydroxylation sites is 1. The second-order valence-electron chi connectivity index (χ2n) is 9.20. The number of anilines is 1. The van der Waals surface area contributed by atoms with Crippen LogP contribution in [-0.2, 0) is 23.9 Å². The van der Waals surface area contributed by atoms with E-state index in [9.17, 15) is 18.0 Å². The standard InChI is InChI=1S/C29H21F3N6OS2/c30-29(31,32)20-10-6-9-19(13-20)14-21-15-33-27(41-21)34-24(39)17-40-28-35-26-25(36-37-28)22-11-4-5-12-23(22)38(26)16-18-7-2-1-3-8-18/h1-13,15H,14,16-17H2,(H,33,34,39). The molecule has 206 valence electrons. The van der Waals surface area contributed by atoms with Gasteiger partial charge in [-0.1, -0.05) is 78.5 Å². The number of thiazole rings is 1. The average molecular weight is 591 g/mol. The highest BCUT2D eigenvalue weighted by Crippen LogP contribution is 2.31. The number of carbonyl (C=O) groups excluding carboxylic acids is 1. The zero-order chi connectivity index (χ0) is 28.4. The van der Waals surface area contributed by atoms with Gasteiger partial charge in [0, 0.05) is 29.4 Å². The highest BCUT2D eigenvalue weighted by atomic mass is 32.2. The van der Waals surface area contributed by atoms with Gasteiger partial charge in [0.15, 0.2) is 10.8 Å². The summed E-state index contributed by atoms with van der Waals surface area (Å²) in [6, 6.07) is 23.2. The average Bonchev–Trinajstić information content (AvgIpc) is 3.53. The molecule has 0 unspecified atom stereocenters. The van der Waals surface area contributed by atoms with E-state index in [0.29, 0.717) is 33.6 Å². The smallest absolute Gasteiger partial charge is 0.319 e. The summed E-state index contributed by atoms with van der Waals surface area (Å²) in [7, 11) is 0. The van der Waals surface area contributed by atoms with E-state index in [-0.39, 0.29) is 18.1 Å². The van der Waals surface area contributed by atoms with E-state index in [4.69, 9.17) is 4.98 Å². The summed E-state index contributed by atoms with van der Waals surface area (Å²) in [4.78, 5) is 22.3. The van der Waals surface area contributed by atoms with Crippen molar-refractivity contribution in [3.8, 4) is 0 Å². The molecular weight excluding hydrogens is 569 g/mol. The molecule has 0 spiro atoms. The topological polar surface area (TPSA) is 85.6 Å². The molecule has 0 fully saturated rings. The van der Waals surface area contributed by atoms with Gasteiger partial charge in [0.05, 0.1) is 16.8 Å². The lowest BCUT2D eigenvalue weighted by Gasteiger charge is -2.07. The molecule has 3 aromatic carbocycles. The Hall–Kier alpha value is -4.29. The van der Waals surface area contributed by atoms with E-state index in [0.717, 1.165) is 45.2 Å². The maximum Gasteiger partial charge on any atom is 0.416 e. The third-order valence-electron chi connectivity index (χ3n) is 6.30. The fourth-order valence-corrected chi connectivity index (χ4v) is 5.91. The summed E-state index contributed by atoms with van der Waals surface area (Å²) in [6.07, 6.45) is -2.56. The third kappa shape index (κ3) is 6.08. The van der Waals surface area contributed by atoms with Crippen LogP contribution >= 0.6 is 23.1 Å². The van der Waals surface area contributed by atoms with Gasteiger partial charge in [-0.05, 0) is 23.3 Å². The molecule has 7 nitrogen and oxygen atoms in total. The summed E-state index contributed by atoms with van der Waals surface area (Å²) >= 11 is 2.38. The van der Waals surface area contributed by atoms with Crippen molar-refractivity contribution in [1.29, 1.82) is 0 Å². The monoisotopic (exact) mass is 590 g/mol. The number of carbonyl (C=O) groups is 1. The molecule has 0 atom stereocenters. The van der Waals surface area contributed by atoms with Crippen LogP contribution in [0.3, 0.4) is 0 Å². The van der Waals surface area contributed by atoms with Gasteiger partial charge in [-0.25, -0.2) is 9.97 Å². The zero-order valence-corrected chi connectivity index (χ0v) is 22.9. The van der Waals surface area contributed by atoms with Gasteiger partial charge in [-0.15, -0.1) is 21.5 Å². The highest BCUT2D eigenvalue weighted by molar-refractivity contribution is 7.99. The fourth-order valence-electron chi connectivity index (χ4n) is 4.47. The first-order valence-electron chi connectivity index (χ1n) is 12.5. The third-order valence-corrected chi connectivity index (χ3v) is 8.05. The lowest BCUT2D eigenvalue weighted by Crippen LogP contribution is -2.14. The van der Waals surface area contributed by atoms with Crippen LogP contribution in [0.2, 0.25) is 0 Å². The van der Waals surface area contributed by atoms with Crippen LogP contribution in [0.25, 0.3) is 22.1 Å². The van der Waals surface area contributed by atoms with Crippen LogP contribution in [0.1, 0.15) is 21.6 Å². The Balaban J connectivity index is 1.13. The molecular formula is C29H21F3N6OS2. The lowest BCUT2D eigenvalue weighted by atomic mass is 10.1. The highest BCUT2D eigenvalue weighted by Gasteiger charge is 2.30. The Morgan fingerprint density at radius 2 is 1.73 bits per heavy atom. The van der Waals surface area contributed by atoms with Crippen molar-refractivity contribution in [3.05, 3.63) is 107 Å². The van der Waals surface area contributed by atoms with Crippen LogP contribution in [0.15, 0.2) is 90.2 Å². The Kier molecular flexibility index (Phi) is 7.41. The van der Waals surface area contributed by atoms with Crippen LogP contribution in [0.5, 0.6) is 0 Å². The number of halogens is 3. The van der Waals surface area contributed by atoms with Gasteiger partial charge in [0.2, 0.25) is 11.1 Å². The molecule has 41 heavy (non-hydrogen) atoms. The van der Waals surface area contributed by atoms with Gasteiger partial charge in [-0.2, -0.15) is 13.2 Å². The van der Waals surface area contributed by atoms with Crippen molar-refractivity contribution in [3.63, 3.8) is 0 Å². The quantitative estimate of drug-likeness (QED) is 0.196. The molecule has 0 saturated heterocycles. The first-order chi connectivity index (χ1) is 19.8. The van der Waals surface area contributed by atoms with E-state index in [1.165, 1.54) is 17.4 Å². The first-order valence-corrected chi connectivity index (χ1v) is 14.3.